The van der Waals surface area contributed by atoms with Gasteiger partial charge in [0.05, 0.1) is 5.69 Å². The Labute approximate surface area is 76.4 Å². The molecule has 0 spiro atoms. The number of nitrogen functional groups attached to an aromatic ring is 1. The zero-order chi connectivity index (χ0) is 9.30. The molecule has 1 aromatic rings. The summed E-state index contributed by atoms with van der Waals surface area (Å²) in [5, 5.41) is -0.882. The van der Waals surface area contributed by atoms with Crippen LogP contribution in [0.2, 0.25) is 10.0 Å². The van der Waals surface area contributed by atoms with Crippen LogP contribution in [-0.4, -0.2) is 4.98 Å². The molecule has 12 heavy (non-hydrogen) atoms. The summed E-state index contributed by atoms with van der Waals surface area (Å²) in [5.41, 5.74) is 1.74. The van der Waals surface area contributed by atoms with E-state index in [-0.39, 0.29) is 5.69 Å². The van der Waals surface area contributed by atoms with Gasteiger partial charge in [0, 0.05) is 0 Å². The van der Waals surface area contributed by atoms with Crippen molar-refractivity contribution in [3.63, 3.8) is 0 Å². The Morgan fingerprint density at radius 2 is 1.58 bits per heavy atom. The number of hydrogen-bond acceptors (Lipinski definition) is 3. The quantitative estimate of drug-likeness (QED) is 0.426. The minimum Gasteiger partial charge on any atom is -0.321 e. The van der Waals surface area contributed by atoms with E-state index in [1.807, 2.05) is 5.43 Å². The maximum atomic E-state index is 12.6. The van der Waals surface area contributed by atoms with Crippen LogP contribution in [0.5, 0.6) is 0 Å². The van der Waals surface area contributed by atoms with Crippen molar-refractivity contribution in [1.29, 1.82) is 0 Å². The maximum absolute atomic E-state index is 12.6. The molecule has 0 aliphatic heterocycles. The number of pyridine rings is 1. The number of nitrogens with one attached hydrogen (secondary N) is 1. The zero-order valence-electron chi connectivity index (χ0n) is 5.54. The van der Waals surface area contributed by atoms with E-state index in [1.54, 1.807) is 0 Å². The summed E-state index contributed by atoms with van der Waals surface area (Å²) in [4.78, 5) is 2.79. The largest absolute Gasteiger partial charge is 0.321 e. The van der Waals surface area contributed by atoms with Gasteiger partial charge in [-0.15, -0.1) is 0 Å². The third-order valence-electron chi connectivity index (χ3n) is 1.14. The predicted molar refractivity (Wildman–Crippen MR) is 42.0 cm³/mol. The van der Waals surface area contributed by atoms with E-state index in [2.05, 4.69) is 4.98 Å². The molecule has 0 saturated heterocycles. The smallest absolute Gasteiger partial charge is 0.236 e. The first-order valence-electron chi connectivity index (χ1n) is 2.74. The molecule has 0 saturated carbocycles. The lowest BCUT2D eigenvalue weighted by Gasteiger charge is -2.05. The first-order valence-corrected chi connectivity index (χ1v) is 3.50. The average molecular weight is 214 g/mol. The van der Waals surface area contributed by atoms with Gasteiger partial charge in [0.1, 0.15) is 10.0 Å². The Morgan fingerprint density at radius 1 is 1.17 bits per heavy atom. The standard InChI is InChI=1S/C5H3Cl2F2N3/c6-1-3(12-10)2(7)5(9)11-4(1)8/h10H2,(H,11,12). The fourth-order valence-corrected chi connectivity index (χ4v) is 1.04. The molecule has 66 valence electrons. The molecular formula is C5H3Cl2F2N3. The lowest BCUT2D eigenvalue weighted by Crippen LogP contribution is -2.10. The monoisotopic (exact) mass is 213 g/mol. The highest BCUT2D eigenvalue weighted by molar-refractivity contribution is 6.38. The van der Waals surface area contributed by atoms with E-state index in [0.717, 1.165) is 0 Å². The molecule has 0 atom stereocenters. The van der Waals surface area contributed by atoms with E-state index in [9.17, 15) is 8.78 Å². The second-order valence-corrected chi connectivity index (χ2v) is 2.60. The van der Waals surface area contributed by atoms with Crippen molar-refractivity contribution >= 4 is 28.9 Å². The van der Waals surface area contributed by atoms with E-state index in [1.165, 1.54) is 0 Å². The minimum absolute atomic E-state index is 0.219. The Balaban J connectivity index is 3.42. The number of anilines is 1. The van der Waals surface area contributed by atoms with Gasteiger partial charge in [-0.05, 0) is 0 Å². The third kappa shape index (κ3) is 1.43. The van der Waals surface area contributed by atoms with Crippen molar-refractivity contribution < 1.29 is 8.78 Å². The highest BCUT2D eigenvalue weighted by Gasteiger charge is 2.16. The predicted octanol–water partition coefficient (Wildman–Crippen LogP) is 1.95. The molecule has 0 radical (unpaired) electrons. The summed E-state index contributed by atoms with van der Waals surface area (Å²) >= 11 is 10.7. The number of aromatic nitrogens is 1. The lowest BCUT2D eigenvalue weighted by molar-refractivity contribution is 0.514. The molecule has 3 N–H and O–H groups in total. The fourth-order valence-electron chi connectivity index (χ4n) is 0.614. The van der Waals surface area contributed by atoms with Crippen LogP contribution in [0.1, 0.15) is 0 Å². The van der Waals surface area contributed by atoms with Crippen molar-refractivity contribution in [2.24, 2.45) is 5.84 Å². The third-order valence-corrected chi connectivity index (χ3v) is 1.83. The normalized spacial score (nSPS) is 10.1. The first kappa shape index (κ1) is 9.44. The topological polar surface area (TPSA) is 50.9 Å². The number of nitrogens with zero attached hydrogens (tertiary/aromatic N) is 1. The fraction of sp³-hybridized carbons (Fsp3) is 0. The molecule has 0 amide bonds. The number of hydrazine groups is 1. The SMILES string of the molecule is NNc1c(Cl)c(F)nc(F)c1Cl. The van der Waals surface area contributed by atoms with Gasteiger partial charge >= 0.3 is 0 Å². The van der Waals surface area contributed by atoms with Gasteiger partial charge in [-0.1, -0.05) is 23.2 Å². The summed E-state index contributed by atoms with van der Waals surface area (Å²) < 4.78 is 25.1. The molecule has 7 heteroatoms. The van der Waals surface area contributed by atoms with Gasteiger partial charge in [-0.25, -0.2) is 0 Å². The van der Waals surface area contributed by atoms with Crippen LogP contribution >= 0.6 is 23.2 Å². The second-order valence-electron chi connectivity index (χ2n) is 1.84. The van der Waals surface area contributed by atoms with E-state index in [4.69, 9.17) is 29.0 Å². The molecule has 1 aromatic heterocycles. The Kier molecular flexibility index (Phi) is 2.66. The van der Waals surface area contributed by atoms with Crippen LogP contribution in [-0.2, 0) is 0 Å². The number of hydrogen-bond donors (Lipinski definition) is 2. The second kappa shape index (κ2) is 3.38. The molecule has 0 fully saturated rings. The van der Waals surface area contributed by atoms with E-state index in [0.29, 0.717) is 0 Å². The van der Waals surface area contributed by atoms with Gasteiger partial charge < -0.3 is 5.43 Å². The van der Waals surface area contributed by atoms with Gasteiger partial charge in [-0.3, -0.25) is 5.84 Å². The van der Waals surface area contributed by atoms with E-state index >= 15 is 0 Å². The molecular weight excluding hydrogens is 211 g/mol. The summed E-state index contributed by atoms with van der Waals surface area (Å²) in [6.45, 7) is 0. The highest BCUT2D eigenvalue weighted by atomic mass is 35.5. The first-order chi connectivity index (χ1) is 5.57. The number of halogens is 4. The molecule has 0 aromatic carbocycles. The number of nitrogens with two attached hydrogens (primary N) is 1. The van der Waals surface area contributed by atoms with Crippen molar-refractivity contribution in [2.45, 2.75) is 0 Å². The molecule has 0 aliphatic rings. The molecule has 1 heterocycles. The van der Waals surface area contributed by atoms with Crippen molar-refractivity contribution in [3.8, 4) is 0 Å². The van der Waals surface area contributed by atoms with Crippen LogP contribution in [0.3, 0.4) is 0 Å². The van der Waals surface area contributed by atoms with Crippen LogP contribution in [0.15, 0.2) is 0 Å². The van der Waals surface area contributed by atoms with Crippen LogP contribution in [0.25, 0.3) is 0 Å². The summed E-state index contributed by atoms with van der Waals surface area (Å²) in [6, 6.07) is 0. The van der Waals surface area contributed by atoms with E-state index < -0.39 is 21.9 Å². The number of rotatable bonds is 1. The summed E-state index contributed by atoms with van der Waals surface area (Å²) in [7, 11) is 0. The van der Waals surface area contributed by atoms with Crippen molar-refractivity contribution in [2.75, 3.05) is 5.43 Å². The molecule has 0 unspecified atom stereocenters. The Hall–Kier alpha value is -0.650. The maximum Gasteiger partial charge on any atom is 0.236 e. The van der Waals surface area contributed by atoms with Gasteiger partial charge in [0.15, 0.2) is 0 Å². The minimum atomic E-state index is -1.16. The van der Waals surface area contributed by atoms with Crippen molar-refractivity contribution in [1.82, 2.24) is 4.98 Å². The molecule has 0 bridgehead atoms. The highest BCUT2D eigenvalue weighted by Crippen LogP contribution is 2.31. The van der Waals surface area contributed by atoms with Gasteiger partial charge in [0.2, 0.25) is 11.9 Å². The Morgan fingerprint density at radius 3 is 1.92 bits per heavy atom. The van der Waals surface area contributed by atoms with Gasteiger partial charge in [0.25, 0.3) is 0 Å². The lowest BCUT2D eigenvalue weighted by atomic mass is 10.4. The zero-order valence-corrected chi connectivity index (χ0v) is 7.05. The molecule has 3 nitrogen and oxygen atoms in total. The molecule has 1 rings (SSSR count). The van der Waals surface area contributed by atoms with Crippen LogP contribution in [0.4, 0.5) is 14.5 Å². The summed E-state index contributed by atoms with van der Waals surface area (Å²) in [5.74, 6) is 2.59. The summed E-state index contributed by atoms with van der Waals surface area (Å²) in [6.07, 6.45) is 0. The molecule has 0 aliphatic carbocycles. The van der Waals surface area contributed by atoms with Crippen LogP contribution in [0, 0.1) is 11.9 Å². The van der Waals surface area contributed by atoms with Gasteiger partial charge in [-0.2, -0.15) is 13.8 Å². The van der Waals surface area contributed by atoms with Crippen molar-refractivity contribution in [3.05, 3.63) is 21.9 Å². The van der Waals surface area contributed by atoms with Crippen LogP contribution < -0.4 is 11.3 Å². The Bertz CT molecular complexity index is 292. The average Bonchev–Trinajstić information content (AvgIpc) is 2.02.